The molecule has 2 nitrogen and oxygen atoms in total. The molecule has 0 aliphatic rings. The first-order chi connectivity index (χ1) is 7.63. The zero-order valence-electron chi connectivity index (χ0n) is 9.17. The molecular weight excluding hydrogens is 334 g/mol. The van der Waals surface area contributed by atoms with Gasteiger partial charge >= 0.3 is 0 Å². The second-order valence-corrected chi connectivity index (χ2v) is 5.42. The Morgan fingerprint density at radius 3 is 2.88 bits per heavy atom. The summed E-state index contributed by atoms with van der Waals surface area (Å²) >= 11 is 6.73. The molecule has 0 aromatic heterocycles. The van der Waals surface area contributed by atoms with Gasteiger partial charge in [-0.15, -0.1) is 0 Å². The van der Waals surface area contributed by atoms with Crippen LogP contribution in [0.4, 0.5) is 0 Å². The van der Waals surface area contributed by atoms with Crippen LogP contribution in [0.3, 0.4) is 0 Å². The van der Waals surface area contributed by atoms with E-state index in [1.807, 2.05) is 31.2 Å². The third-order valence-corrected chi connectivity index (χ3v) is 3.29. The number of carbonyl (C=O) groups is 1. The molecule has 1 aromatic rings. The molecule has 0 radical (unpaired) electrons. The van der Waals surface area contributed by atoms with Crippen LogP contribution in [0.15, 0.2) is 28.7 Å². The van der Waals surface area contributed by atoms with Crippen LogP contribution < -0.4 is 5.32 Å². The lowest BCUT2D eigenvalue weighted by Crippen LogP contribution is -2.32. The van der Waals surface area contributed by atoms with Gasteiger partial charge in [0, 0.05) is 21.4 Å². The van der Waals surface area contributed by atoms with Crippen LogP contribution in [-0.4, -0.2) is 17.3 Å². The van der Waals surface area contributed by atoms with Crippen molar-refractivity contribution in [3.05, 3.63) is 34.3 Å². The molecule has 0 bridgehead atoms. The van der Waals surface area contributed by atoms with Crippen molar-refractivity contribution >= 4 is 37.8 Å². The van der Waals surface area contributed by atoms with Crippen molar-refractivity contribution in [1.82, 2.24) is 5.32 Å². The molecule has 1 amide bonds. The smallest absolute Gasteiger partial charge is 0.251 e. The number of carbonyl (C=O) groups excluding carboxylic acids is 1. The number of alkyl halides is 1. The van der Waals surface area contributed by atoms with Crippen molar-refractivity contribution in [2.75, 3.05) is 5.33 Å². The van der Waals surface area contributed by atoms with Crippen LogP contribution in [0.5, 0.6) is 0 Å². The maximum absolute atomic E-state index is 11.8. The fraction of sp³-hybridized carbons (Fsp3) is 0.417. The van der Waals surface area contributed by atoms with Gasteiger partial charge in [-0.05, 0) is 38.0 Å². The third kappa shape index (κ3) is 4.66. The molecule has 1 aromatic carbocycles. The van der Waals surface area contributed by atoms with Crippen molar-refractivity contribution in [3.8, 4) is 0 Å². The Hall–Kier alpha value is -0.350. The highest BCUT2D eigenvalue weighted by molar-refractivity contribution is 9.10. The zero-order valence-corrected chi connectivity index (χ0v) is 12.3. The molecule has 0 aliphatic carbocycles. The highest BCUT2D eigenvalue weighted by Crippen LogP contribution is 2.12. The van der Waals surface area contributed by atoms with Crippen molar-refractivity contribution in [3.63, 3.8) is 0 Å². The molecule has 0 saturated heterocycles. The van der Waals surface area contributed by atoms with E-state index in [0.717, 1.165) is 22.6 Å². The molecule has 1 atom stereocenters. The average molecular weight is 349 g/mol. The summed E-state index contributed by atoms with van der Waals surface area (Å²) in [6.07, 6.45) is 2.06. The quantitative estimate of drug-likeness (QED) is 0.807. The Morgan fingerprint density at radius 1 is 1.50 bits per heavy atom. The molecule has 88 valence electrons. The number of hydrogen-bond acceptors (Lipinski definition) is 1. The molecular formula is C12H15Br2NO. The monoisotopic (exact) mass is 347 g/mol. The Kier molecular flexibility index (Phi) is 6.06. The first kappa shape index (κ1) is 13.7. The normalized spacial score (nSPS) is 12.2. The fourth-order valence-electron chi connectivity index (χ4n) is 1.39. The van der Waals surface area contributed by atoms with E-state index in [-0.39, 0.29) is 11.9 Å². The van der Waals surface area contributed by atoms with Crippen molar-refractivity contribution < 1.29 is 4.79 Å². The maximum Gasteiger partial charge on any atom is 0.251 e. The first-order valence-electron chi connectivity index (χ1n) is 5.26. The lowest BCUT2D eigenvalue weighted by atomic mass is 10.1. The lowest BCUT2D eigenvalue weighted by molar-refractivity contribution is 0.0938. The summed E-state index contributed by atoms with van der Waals surface area (Å²) in [7, 11) is 0. The maximum atomic E-state index is 11.8. The van der Waals surface area contributed by atoms with Crippen LogP contribution in [0.25, 0.3) is 0 Å². The van der Waals surface area contributed by atoms with E-state index in [9.17, 15) is 4.79 Å². The van der Waals surface area contributed by atoms with Crippen molar-refractivity contribution in [1.29, 1.82) is 0 Å². The molecule has 0 heterocycles. The summed E-state index contributed by atoms with van der Waals surface area (Å²) in [5.41, 5.74) is 0.695. The Balaban J connectivity index is 2.52. The van der Waals surface area contributed by atoms with E-state index < -0.39 is 0 Å². The molecule has 1 rings (SSSR count). The Morgan fingerprint density at radius 2 is 2.25 bits per heavy atom. The predicted octanol–water partition coefficient (Wildman–Crippen LogP) is 3.74. The molecule has 0 saturated carbocycles. The lowest BCUT2D eigenvalue weighted by Gasteiger charge is -2.13. The molecule has 0 spiro atoms. The van der Waals surface area contributed by atoms with Gasteiger partial charge in [-0.3, -0.25) is 4.79 Å². The van der Waals surface area contributed by atoms with Crippen molar-refractivity contribution in [2.24, 2.45) is 0 Å². The third-order valence-electron chi connectivity index (χ3n) is 2.24. The van der Waals surface area contributed by atoms with Crippen LogP contribution in [0.2, 0.25) is 0 Å². The summed E-state index contributed by atoms with van der Waals surface area (Å²) < 4.78 is 0.924. The molecule has 1 unspecified atom stereocenters. The molecule has 1 N–H and O–H groups in total. The average Bonchev–Trinajstić information content (AvgIpc) is 2.26. The highest BCUT2D eigenvalue weighted by Gasteiger charge is 2.09. The number of rotatable bonds is 5. The van der Waals surface area contributed by atoms with E-state index in [0.29, 0.717) is 5.56 Å². The van der Waals surface area contributed by atoms with Gasteiger partial charge in [-0.1, -0.05) is 37.9 Å². The van der Waals surface area contributed by atoms with E-state index in [1.165, 1.54) is 0 Å². The summed E-state index contributed by atoms with van der Waals surface area (Å²) in [4.78, 5) is 11.8. The van der Waals surface area contributed by atoms with Gasteiger partial charge in [-0.2, -0.15) is 0 Å². The minimum absolute atomic E-state index is 0.0108. The van der Waals surface area contributed by atoms with Gasteiger partial charge < -0.3 is 5.32 Å². The molecule has 16 heavy (non-hydrogen) atoms. The summed E-state index contributed by atoms with van der Waals surface area (Å²) in [5, 5.41) is 3.95. The SMILES string of the molecule is CC(CCCBr)NC(=O)c1cccc(Br)c1. The summed E-state index contributed by atoms with van der Waals surface area (Å²) in [6, 6.07) is 7.63. The first-order valence-corrected chi connectivity index (χ1v) is 7.17. The largest absolute Gasteiger partial charge is 0.350 e. The van der Waals surface area contributed by atoms with Crippen LogP contribution in [0, 0.1) is 0 Å². The van der Waals surface area contributed by atoms with Crippen molar-refractivity contribution in [2.45, 2.75) is 25.8 Å². The Bertz CT molecular complexity index is 355. The zero-order chi connectivity index (χ0) is 12.0. The Labute approximate surface area is 113 Å². The minimum atomic E-state index is -0.0108. The molecule has 0 aliphatic heterocycles. The molecule has 0 fully saturated rings. The summed E-state index contributed by atoms with van der Waals surface area (Å²) in [5.74, 6) is -0.0108. The van der Waals surface area contributed by atoms with Gasteiger partial charge in [0.1, 0.15) is 0 Å². The molecule has 4 heteroatoms. The van der Waals surface area contributed by atoms with Gasteiger partial charge in [0.25, 0.3) is 5.91 Å². The van der Waals surface area contributed by atoms with E-state index in [1.54, 1.807) is 0 Å². The second-order valence-electron chi connectivity index (χ2n) is 3.72. The van der Waals surface area contributed by atoms with Gasteiger partial charge in [0.15, 0.2) is 0 Å². The van der Waals surface area contributed by atoms with E-state index in [4.69, 9.17) is 0 Å². The van der Waals surface area contributed by atoms with Crippen LogP contribution in [-0.2, 0) is 0 Å². The van der Waals surface area contributed by atoms with Gasteiger partial charge in [0.05, 0.1) is 0 Å². The standard InChI is InChI=1S/C12H15Br2NO/c1-9(4-3-7-13)15-12(16)10-5-2-6-11(14)8-10/h2,5-6,8-9H,3-4,7H2,1H3,(H,15,16). The van der Waals surface area contributed by atoms with E-state index >= 15 is 0 Å². The predicted molar refractivity (Wildman–Crippen MR) is 74.1 cm³/mol. The highest BCUT2D eigenvalue weighted by atomic mass is 79.9. The van der Waals surface area contributed by atoms with Crippen LogP contribution in [0.1, 0.15) is 30.1 Å². The number of halogens is 2. The number of nitrogens with one attached hydrogen (secondary N) is 1. The van der Waals surface area contributed by atoms with Gasteiger partial charge in [-0.25, -0.2) is 0 Å². The fourth-order valence-corrected chi connectivity index (χ4v) is 2.12. The van der Waals surface area contributed by atoms with E-state index in [2.05, 4.69) is 37.2 Å². The number of amides is 1. The topological polar surface area (TPSA) is 29.1 Å². The number of benzene rings is 1. The van der Waals surface area contributed by atoms with Crippen LogP contribution >= 0.6 is 31.9 Å². The van der Waals surface area contributed by atoms with Gasteiger partial charge in [0.2, 0.25) is 0 Å². The second kappa shape index (κ2) is 7.07. The number of hydrogen-bond donors (Lipinski definition) is 1. The minimum Gasteiger partial charge on any atom is -0.350 e. The summed E-state index contributed by atoms with van der Waals surface area (Å²) in [6.45, 7) is 2.03.